The Hall–Kier alpha value is -2.86. The number of aromatic nitrogens is 2. The van der Waals surface area contributed by atoms with E-state index in [0.717, 1.165) is 29.6 Å². The van der Waals surface area contributed by atoms with Crippen LogP contribution in [0.1, 0.15) is 44.7 Å². The van der Waals surface area contributed by atoms with Gasteiger partial charge in [0.05, 0.1) is 11.0 Å². The molecule has 1 N–H and O–H groups in total. The lowest BCUT2D eigenvalue weighted by molar-refractivity contribution is -0.121. The zero-order chi connectivity index (χ0) is 22.4. The SMILES string of the molecule is CCCn1c(=O)n(CCC(=O)NCc2cccc(CN(C)C(C)C)c2)c2ccccc21. The predicted octanol–water partition coefficient (Wildman–Crippen LogP) is 3.76. The number of hydrogen-bond donors (Lipinski definition) is 1. The van der Waals surface area contributed by atoms with Crippen LogP contribution in [0.5, 0.6) is 0 Å². The molecule has 31 heavy (non-hydrogen) atoms. The minimum absolute atomic E-state index is 0.0437. The summed E-state index contributed by atoms with van der Waals surface area (Å²) in [6, 6.07) is 16.6. The topological polar surface area (TPSA) is 59.3 Å². The number of amides is 1. The highest BCUT2D eigenvalue weighted by Crippen LogP contribution is 2.14. The van der Waals surface area contributed by atoms with E-state index in [-0.39, 0.29) is 18.0 Å². The zero-order valence-corrected chi connectivity index (χ0v) is 19.1. The van der Waals surface area contributed by atoms with E-state index >= 15 is 0 Å². The highest BCUT2D eigenvalue weighted by Gasteiger charge is 2.13. The van der Waals surface area contributed by atoms with Crippen molar-refractivity contribution in [3.8, 4) is 0 Å². The fourth-order valence-electron chi connectivity index (χ4n) is 3.74. The Morgan fingerprint density at radius 3 is 2.29 bits per heavy atom. The average molecular weight is 423 g/mol. The summed E-state index contributed by atoms with van der Waals surface area (Å²) in [6.07, 6.45) is 1.16. The normalized spacial score (nSPS) is 11.5. The molecule has 0 radical (unpaired) electrons. The molecular weight excluding hydrogens is 388 g/mol. The first-order chi connectivity index (χ1) is 14.9. The Kier molecular flexibility index (Phi) is 7.69. The van der Waals surface area contributed by atoms with Crippen molar-refractivity contribution in [2.45, 2.75) is 65.8 Å². The van der Waals surface area contributed by atoms with Crippen LogP contribution in [0.2, 0.25) is 0 Å². The first kappa shape index (κ1) is 22.8. The van der Waals surface area contributed by atoms with Gasteiger partial charge in [-0.3, -0.25) is 18.8 Å². The van der Waals surface area contributed by atoms with Gasteiger partial charge in [-0.2, -0.15) is 0 Å². The Morgan fingerprint density at radius 1 is 1.00 bits per heavy atom. The number of nitrogens with zero attached hydrogens (tertiary/aromatic N) is 3. The van der Waals surface area contributed by atoms with Crippen LogP contribution in [0.15, 0.2) is 53.3 Å². The number of benzene rings is 2. The maximum absolute atomic E-state index is 12.8. The molecule has 0 aliphatic heterocycles. The molecule has 166 valence electrons. The first-order valence-electron chi connectivity index (χ1n) is 11.1. The highest BCUT2D eigenvalue weighted by molar-refractivity contribution is 5.78. The van der Waals surface area contributed by atoms with Crippen LogP contribution in [-0.4, -0.2) is 33.0 Å². The van der Waals surface area contributed by atoms with Crippen molar-refractivity contribution in [2.24, 2.45) is 0 Å². The van der Waals surface area contributed by atoms with Crippen molar-refractivity contribution in [3.63, 3.8) is 0 Å². The van der Waals surface area contributed by atoms with Gasteiger partial charge in [-0.25, -0.2) is 4.79 Å². The molecule has 0 unspecified atom stereocenters. The summed E-state index contributed by atoms with van der Waals surface area (Å²) in [5.41, 5.74) is 4.09. The van der Waals surface area contributed by atoms with Crippen molar-refractivity contribution in [2.75, 3.05) is 7.05 Å². The molecule has 0 saturated heterocycles. The second kappa shape index (κ2) is 10.4. The van der Waals surface area contributed by atoms with Gasteiger partial charge in [-0.05, 0) is 50.6 Å². The van der Waals surface area contributed by atoms with Gasteiger partial charge in [0.1, 0.15) is 0 Å². The van der Waals surface area contributed by atoms with Gasteiger partial charge in [-0.15, -0.1) is 0 Å². The second-order valence-electron chi connectivity index (χ2n) is 8.43. The van der Waals surface area contributed by atoms with E-state index in [0.29, 0.717) is 25.7 Å². The monoisotopic (exact) mass is 422 g/mol. The number of para-hydroxylation sites is 2. The van der Waals surface area contributed by atoms with Gasteiger partial charge in [0, 0.05) is 38.6 Å². The molecule has 2 aromatic carbocycles. The standard InChI is InChI=1S/C25H34N4O2/c1-5-14-28-22-11-6-7-12-23(22)29(25(28)31)15-13-24(30)26-17-20-9-8-10-21(16-20)18-27(4)19(2)3/h6-12,16,19H,5,13-15,17-18H2,1-4H3,(H,26,30). The van der Waals surface area contributed by atoms with Crippen molar-refractivity contribution in [3.05, 3.63) is 70.1 Å². The first-order valence-corrected chi connectivity index (χ1v) is 11.1. The molecule has 1 heterocycles. The van der Waals surface area contributed by atoms with Crippen molar-refractivity contribution < 1.29 is 4.79 Å². The van der Waals surface area contributed by atoms with Gasteiger partial charge < -0.3 is 5.32 Å². The number of imidazole rings is 1. The highest BCUT2D eigenvalue weighted by atomic mass is 16.2. The molecule has 0 aliphatic rings. The Bertz CT molecular complexity index is 1080. The van der Waals surface area contributed by atoms with Gasteiger partial charge in [0.25, 0.3) is 0 Å². The summed E-state index contributed by atoms with van der Waals surface area (Å²) in [7, 11) is 2.11. The molecule has 0 fully saturated rings. The molecule has 3 rings (SSSR count). The average Bonchev–Trinajstić information content (AvgIpc) is 3.02. The number of carbonyl (C=O) groups excluding carboxylic acids is 1. The summed E-state index contributed by atoms with van der Waals surface area (Å²) in [6.45, 7) is 8.84. The maximum Gasteiger partial charge on any atom is 0.329 e. The van der Waals surface area contributed by atoms with Crippen LogP contribution < -0.4 is 11.0 Å². The fourth-order valence-corrected chi connectivity index (χ4v) is 3.74. The number of aryl methyl sites for hydroxylation is 2. The minimum Gasteiger partial charge on any atom is -0.352 e. The fraction of sp³-hybridized carbons (Fsp3) is 0.440. The minimum atomic E-state index is -0.0519. The van der Waals surface area contributed by atoms with E-state index in [4.69, 9.17) is 0 Å². The van der Waals surface area contributed by atoms with E-state index in [9.17, 15) is 9.59 Å². The Labute approximate surface area is 184 Å². The maximum atomic E-state index is 12.8. The van der Waals surface area contributed by atoms with Gasteiger partial charge in [0.15, 0.2) is 0 Å². The summed E-state index contributed by atoms with van der Waals surface area (Å²) in [5, 5.41) is 3.00. The molecule has 0 spiro atoms. The molecule has 1 amide bonds. The van der Waals surface area contributed by atoms with Crippen LogP contribution >= 0.6 is 0 Å². The number of carbonyl (C=O) groups is 1. The Morgan fingerprint density at radius 2 is 1.65 bits per heavy atom. The molecule has 3 aromatic rings. The van der Waals surface area contributed by atoms with Crippen molar-refractivity contribution in [1.82, 2.24) is 19.4 Å². The summed E-state index contributed by atoms with van der Waals surface area (Å²) < 4.78 is 3.51. The summed E-state index contributed by atoms with van der Waals surface area (Å²) >= 11 is 0. The molecule has 0 saturated carbocycles. The number of nitrogens with one attached hydrogen (secondary N) is 1. The van der Waals surface area contributed by atoms with E-state index in [2.05, 4.69) is 50.2 Å². The van der Waals surface area contributed by atoms with Crippen LogP contribution in [0.4, 0.5) is 0 Å². The van der Waals surface area contributed by atoms with Crippen molar-refractivity contribution >= 4 is 16.9 Å². The van der Waals surface area contributed by atoms with Gasteiger partial charge >= 0.3 is 5.69 Å². The quantitative estimate of drug-likeness (QED) is 0.541. The molecule has 1 aromatic heterocycles. The van der Waals surface area contributed by atoms with E-state index in [1.54, 1.807) is 9.13 Å². The van der Waals surface area contributed by atoms with Gasteiger partial charge in [-0.1, -0.05) is 43.3 Å². The van der Waals surface area contributed by atoms with E-state index < -0.39 is 0 Å². The summed E-state index contributed by atoms with van der Waals surface area (Å²) in [4.78, 5) is 27.6. The third-order valence-electron chi connectivity index (χ3n) is 5.73. The van der Waals surface area contributed by atoms with Crippen LogP contribution in [0, 0.1) is 0 Å². The molecule has 0 bridgehead atoms. The zero-order valence-electron chi connectivity index (χ0n) is 19.1. The second-order valence-corrected chi connectivity index (χ2v) is 8.43. The number of rotatable bonds is 10. The number of hydrogen-bond acceptors (Lipinski definition) is 3. The predicted molar refractivity (Wildman–Crippen MR) is 126 cm³/mol. The van der Waals surface area contributed by atoms with Crippen LogP contribution in [0.3, 0.4) is 0 Å². The van der Waals surface area contributed by atoms with Crippen molar-refractivity contribution in [1.29, 1.82) is 0 Å². The lowest BCUT2D eigenvalue weighted by atomic mass is 10.1. The molecule has 6 nitrogen and oxygen atoms in total. The Balaban J connectivity index is 1.61. The molecule has 0 aliphatic carbocycles. The summed E-state index contributed by atoms with van der Waals surface area (Å²) in [5.74, 6) is -0.0519. The van der Waals surface area contributed by atoms with E-state index in [1.165, 1.54) is 5.56 Å². The van der Waals surface area contributed by atoms with Gasteiger partial charge in [0.2, 0.25) is 5.91 Å². The molecule has 6 heteroatoms. The van der Waals surface area contributed by atoms with Crippen LogP contribution in [-0.2, 0) is 31.0 Å². The third kappa shape index (κ3) is 5.64. The lowest BCUT2D eigenvalue weighted by Gasteiger charge is -2.21. The molecular formula is C25H34N4O2. The number of fused-ring (bicyclic) bond motifs is 1. The lowest BCUT2D eigenvalue weighted by Crippen LogP contribution is -2.28. The van der Waals surface area contributed by atoms with Crippen LogP contribution in [0.25, 0.3) is 11.0 Å². The van der Waals surface area contributed by atoms with E-state index in [1.807, 2.05) is 36.4 Å². The largest absolute Gasteiger partial charge is 0.352 e. The molecule has 0 atom stereocenters. The third-order valence-corrected chi connectivity index (χ3v) is 5.73. The smallest absolute Gasteiger partial charge is 0.329 e.